The van der Waals surface area contributed by atoms with E-state index in [0.29, 0.717) is 30.4 Å². The lowest BCUT2D eigenvalue weighted by Crippen LogP contribution is -2.44. The molecule has 1 N–H and O–H groups in total. The Kier molecular flexibility index (Phi) is 6.72. The number of sulfonamides is 1. The van der Waals surface area contributed by atoms with Gasteiger partial charge < -0.3 is 9.80 Å². The second-order valence-corrected chi connectivity index (χ2v) is 9.33. The largest absolute Gasteiger partial charge is 0.343 e. The van der Waals surface area contributed by atoms with Crippen molar-refractivity contribution in [2.45, 2.75) is 49.5 Å². The first kappa shape index (κ1) is 20.8. The standard InChI is InChI=1S/C20H30N4O3S/c1-23-14-11-16(12-15-23)24(2)19(25)10-4-3-7-13-21-20-17-8-5-6-9-18(17)28(26,27)22-20/h5-6,8-9,16H,3-4,7,10-15H2,1-2H3,(H,21,22). The number of carbonyl (C=O) groups excluding carboxylic acids is 1. The molecule has 1 saturated heterocycles. The van der Waals surface area contributed by atoms with Crippen LogP contribution in [0.2, 0.25) is 0 Å². The smallest absolute Gasteiger partial charge is 0.263 e. The van der Waals surface area contributed by atoms with E-state index in [0.717, 1.165) is 45.2 Å². The lowest BCUT2D eigenvalue weighted by atomic mass is 10.0. The molecule has 154 valence electrons. The molecule has 28 heavy (non-hydrogen) atoms. The fourth-order valence-electron chi connectivity index (χ4n) is 3.77. The Morgan fingerprint density at radius 3 is 2.68 bits per heavy atom. The van der Waals surface area contributed by atoms with Gasteiger partial charge in [-0.2, -0.15) is 0 Å². The predicted molar refractivity (Wildman–Crippen MR) is 110 cm³/mol. The van der Waals surface area contributed by atoms with E-state index in [9.17, 15) is 13.2 Å². The number of carbonyl (C=O) groups is 1. The molecule has 2 aliphatic rings. The summed E-state index contributed by atoms with van der Waals surface area (Å²) in [5.41, 5.74) is 0.637. The van der Waals surface area contributed by atoms with Crippen LogP contribution in [0.3, 0.4) is 0 Å². The highest BCUT2D eigenvalue weighted by atomic mass is 32.2. The number of amidine groups is 1. The number of hydrogen-bond donors (Lipinski definition) is 1. The average molecular weight is 407 g/mol. The van der Waals surface area contributed by atoms with Crippen molar-refractivity contribution in [2.24, 2.45) is 4.99 Å². The molecule has 1 aromatic carbocycles. The third-order valence-corrected chi connectivity index (χ3v) is 7.01. The highest BCUT2D eigenvalue weighted by Gasteiger charge is 2.29. The summed E-state index contributed by atoms with van der Waals surface area (Å²) < 4.78 is 26.6. The Labute approximate surface area is 167 Å². The number of benzene rings is 1. The molecule has 0 saturated carbocycles. The Morgan fingerprint density at radius 2 is 1.93 bits per heavy atom. The molecule has 0 aromatic heterocycles. The van der Waals surface area contributed by atoms with E-state index in [2.05, 4.69) is 21.7 Å². The highest BCUT2D eigenvalue weighted by Crippen LogP contribution is 2.22. The number of likely N-dealkylation sites (tertiary alicyclic amines) is 1. The van der Waals surface area contributed by atoms with Gasteiger partial charge in [0.25, 0.3) is 10.0 Å². The number of piperidine rings is 1. The summed E-state index contributed by atoms with van der Waals surface area (Å²) in [6, 6.07) is 7.24. The van der Waals surface area contributed by atoms with Gasteiger partial charge in [0.2, 0.25) is 5.91 Å². The van der Waals surface area contributed by atoms with Crippen LogP contribution in [0.5, 0.6) is 0 Å². The van der Waals surface area contributed by atoms with Crippen LogP contribution in [-0.2, 0) is 14.8 Å². The first-order valence-corrected chi connectivity index (χ1v) is 11.5. The van der Waals surface area contributed by atoms with E-state index in [1.54, 1.807) is 18.2 Å². The summed E-state index contributed by atoms with van der Waals surface area (Å²) in [5.74, 6) is 0.645. The summed E-state index contributed by atoms with van der Waals surface area (Å²) in [7, 11) is 0.575. The van der Waals surface area contributed by atoms with E-state index in [4.69, 9.17) is 0 Å². The van der Waals surface area contributed by atoms with Gasteiger partial charge in [-0.3, -0.25) is 14.5 Å². The van der Waals surface area contributed by atoms with Crippen LogP contribution in [0.15, 0.2) is 34.2 Å². The molecule has 3 rings (SSSR count). The molecule has 1 fully saturated rings. The normalized spacial score (nSPS) is 20.7. The van der Waals surface area contributed by atoms with Crippen LogP contribution in [0.4, 0.5) is 0 Å². The van der Waals surface area contributed by atoms with Gasteiger partial charge in [0, 0.05) is 31.6 Å². The minimum Gasteiger partial charge on any atom is -0.343 e. The van der Waals surface area contributed by atoms with Crippen LogP contribution in [-0.4, -0.2) is 69.7 Å². The van der Waals surface area contributed by atoms with Gasteiger partial charge in [0.1, 0.15) is 5.84 Å². The van der Waals surface area contributed by atoms with E-state index in [-0.39, 0.29) is 10.8 Å². The van der Waals surface area contributed by atoms with E-state index >= 15 is 0 Å². The van der Waals surface area contributed by atoms with Crippen LogP contribution in [0.25, 0.3) is 0 Å². The van der Waals surface area contributed by atoms with Crippen molar-refractivity contribution in [3.05, 3.63) is 29.8 Å². The number of unbranched alkanes of at least 4 members (excludes halogenated alkanes) is 2. The molecule has 2 aliphatic heterocycles. The molecule has 0 aliphatic carbocycles. The molecule has 0 bridgehead atoms. The van der Waals surface area contributed by atoms with Gasteiger partial charge in [-0.25, -0.2) is 8.42 Å². The lowest BCUT2D eigenvalue weighted by molar-refractivity contribution is -0.132. The zero-order chi connectivity index (χ0) is 20.1. The summed E-state index contributed by atoms with van der Waals surface area (Å²) in [5, 5.41) is 0. The summed E-state index contributed by atoms with van der Waals surface area (Å²) in [6.07, 6.45) is 5.23. The van der Waals surface area contributed by atoms with Crippen LogP contribution < -0.4 is 4.72 Å². The number of nitrogens with zero attached hydrogens (tertiary/aromatic N) is 3. The zero-order valence-corrected chi connectivity index (χ0v) is 17.5. The number of rotatable bonds is 7. The van der Waals surface area contributed by atoms with Crippen molar-refractivity contribution in [3.63, 3.8) is 0 Å². The maximum Gasteiger partial charge on any atom is 0.263 e. The van der Waals surface area contributed by atoms with Gasteiger partial charge in [-0.1, -0.05) is 18.6 Å². The molecule has 7 nitrogen and oxygen atoms in total. The second-order valence-electron chi connectivity index (χ2n) is 7.68. The Balaban J connectivity index is 1.39. The quantitative estimate of drug-likeness (QED) is 0.701. The molecule has 0 spiro atoms. The summed E-state index contributed by atoms with van der Waals surface area (Å²) >= 11 is 0. The zero-order valence-electron chi connectivity index (χ0n) is 16.7. The van der Waals surface area contributed by atoms with Gasteiger partial charge in [-0.15, -0.1) is 0 Å². The summed E-state index contributed by atoms with van der Waals surface area (Å²) in [6.45, 7) is 2.65. The Hall–Kier alpha value is -1.93. The maximum absolute atomic E-state index is 12.4. The monoisotopic (exact) mass is 406 g/mol. The van der Waals surface area contributed by atoms with E-state index in [1.165, 1.54) is 0 Å². The topological polar surface area (TPSA) is 82.1 Å². The van der Waals surface area contributed by atoms with Crippen molar-refractivity contribution in [1.29, 1.82) is 0 Å². The molecule has 0 atom stereocenters. The molecule has 0 radical (unpaired) electrons. The average Bonchev–Trinajstić information content (AvgIpc) is 2.95. The van der Waals surface area contributed by atoms with E-state index in [1.807, 2.05) is 18.0 Å². The third-order valence-electron chi connectivity index (χ3n) is 5.61. The first-order chi connectivity index (χ1) is 13.4. The number of hydrogen-bond acceptors (Lipinski definition) is 5. The molecule has 0 unspecified atom stereocenters. The van der Waals surface area contributed by atoms with Crippen molar-refractivity contribution in [2.75, 3.05) is 33.7 Å². The van der Waals surface area contributed by atoms with Crippen LogP contribution in [0.1, 0.15) is 44.1 Å². The van der Waals surface area contributed by atoms with Crippen LogP contribution in [0, 0.1) is 0 Å². The number of amides is 1. The van der Waals surface area contributed by atoms with Gasteiger partial charge in [-0.05, 0) is 58.0 Å². The van der Waals surface area contributed by atoms with Gasteiger partial charge in [0.05, 0.1) is 4.90 Å². The predicted octanol–water partition coefficient (Wildman–Crippen LogP) is 1.84. The summed E-state index contributed by atoms with van der Waals surface area (Å²) in [4.78, 5) is 21.3. The van der Waals surface area contributed by atoms with Crippen molar-refractivity contribution >= 4 is 21.8 Å². The maximum atomic E-state index is 12.4. The highest BCUT2D eigenvalue weighted by molar-refractivity contribution is 7.90. The minimum absolute atomic E-state index is 0.221. The van der Waals surface area contributed by atoms with Crippen LogP contribution >= 0.6 is 0 Å². The van der Waals surface area contributed by atoms with Gasteiger partial charge in [0.15, 0.2) is 0 Å². The third kappa shape index (κ3) is 4.91. The first-order valence-electron chi connectivity index (χ1n) is 9.99. The fourth-order valence-corrected chi connectivity index (χ4v) is 5.02. The Bertz CT molecular complexity index is 830. The van der Waals surface area contributed by atoms with Crippen molar-refractivity contribution < 1.29 is 13.2 Å². The van der Waals surface area contributed by atoms with Gasteiger partial charge >= 0.3 is 0 Å². The molecule has 8 heteroatoms. The number of fused-ring (bicyclic) bond motifs is 1. The lowest BCUT2D eigenvalue weighted by Gasteiger charge is -2.35. The number of nitrogens with one attached hydrogen (secondary N) is 1. The molecule has 1 aromatic rings. The minimum atomic E-state index is -3.47. The van der Waals surface area contributed by atoms with Crippen molar-refractivity contribution in [3.8, 4) is 0 Å². The SMILES string of the molecule is CN1CCC(N(C)C(=O)CCCCCN=C2NS(=O)(=O)c3ccccc32)CC1. The van der Waals surface area contributed by atoms with E-state index < -0.39 is 10.0 Å². The molecular formula is C20H30N4O3S. The Morgan fingerprint density at radius 1 is 1.21 bits per heavy atom. The van der Waals surface area contributed by atoms with Crippen molar-refractivity contribution in [1.82, 2.24) is 14.5 Å². The molecule has 1 amide bonds. The second kappa shape index (κ2) is 9.05. The molecule has 2 heterocycles. The molecular weight excluding hydrogens is 376 g/mol. The number of aliphatic imine (C=N–C) groups is 1. The fraction of sp³-hybridized carbons (Fsp3) is 0.600.